The van der Waals surface area contributed by atoms with Crippen molar-refractivity contribution in [2.24, 2.45) is 0 Å². The summed E-state index contributed by atoms with van der Waals surface area (Å²) in [6.45, 7) is -0.368. The average Bonchev–Trinajstić information content (AvgIpc) is 2.36. The number of aromatic nitrogens is 2. The standard InChI is InChI=1S/C12H11N3O3/c1-15(7-11(16)17)12(18)10-6-13-8-4-2-3-5-9(8)14-10/h2-6H,7H2,1H3,(H,16,17). The number of carbonyl (C=O) groups excluding carboxylic acids is 1. The average molecular weight is 245 g/mol. The zero-order chi connectivity index (χ0) is 13.1. The molecule has 2 aromatic rings. The van der Waals surface area contributed by atoms with Crippen LogP contribution in [0, 0.1) is 0 Å². The Morgan fingerprint density at radius 3 is 2.61 bits per heavy atom. The van der Waals surface area contributed by atoms with Crippen molar-refractivity contribution < 1.29 is 14.7 Å². The molecule has 0 saturated heterocycles. The van der Waals surface area contributed by atoms with Crippen LogP contribution in [0.25, 0.3) is 11.0 Å². The number of fused-ring (bicyclic) bond motifs is 1. The van der Waals surface area contributed by atoms with Gasteiger partial charge in [0.2, 0.25) is 0 Å². The zero-order valence-corrected chi connectivity index (χ0v) is 9.70. The fourth-order valence-electron chi connectivity index (χ4n) is 1.53. The molecule has 0 bridgehead atoms. The normalized spacial score (nSPS) is 10.3. The number of nitrogens with zero attached hydrogens (tertiary/aromatic N) is 3. The lowest BCUT2D eigenvalue weighted by atomic mass is 10.3. The van der Waals surface area contributed by atoms with Crippen LogP contribution in [0.2, 0.25) is 0 Å². The number of carboxylic acid groups (broad SMARTS) is 1. The number of amides is 1. The first-order chi connectivity index (χ1) is 8.58. The van der Waals surface area contributed by atoms with Crippen LogP contribution in [-0.4, -0.2) is 45.4 Å². The van der Waals surface area contributed by atoms with E-state index < -0.39 is 11.9 Å². The molecule has 1 amide bonds. The van der Waals surface area contributed by atoms with E-state index in [1.165, 1.54) is 13.2 Å². The molecule has 0 unspecified atom stereocenters. The first-order valence-corrected chi connectivity index (χ1v) is 5.27. The van der Waals surface area contributed by atoms with E-state index in [4.69, 9.17) is 5.11 Å². The number of rotatable bonds is 3. The lowest BCUT2D eigenvalue weighted by molar-refractivity contribution is -0.137. The molecule has 6 nitrogen and oxygen atoms in total. The Bertz CT molecular complexity index is 612. The van der Waals surface area contributed by atoms with Gasteiger partial charge in [0, 0.05) is 7.05 Å². The third-order valence-corrected chi connectivity index (χ3v) is 2.39. The highest BCUT2D eigenvalue weighted by Crippen LogP contribution is 2.09. The molecule has 1 aromatic carbocycles. The topological polar surface area (TPSA) is 83.4 Å². The van der Waals surface area contributed by atoms with Gasteiger partial charge in [-0.1, -0.05) is 12.1 Å². The summed E-state index contributed by atoms with van der Waals surface area (Å²) in [7, 11) is 1.41. The van der Waals surface area contributed by atoms with Crippen LogP contribution in [0.4, 0.5) is 0 Å². The smallest absolute Gasteiger partial charge is 0.323 e. The molecule has 0 aliphatic carbocycles. The summed E-state index contributed by atoms with van der Waals surface area (Å²) in [5.41, 5.74) is 1.43. The quantitative estimate of drug-likeness (QED) is 0.864. The van der Waals surface area contributed by atoms with Crippen LogP contribution in [0.3, 0.4) is 0 Å². The van der Waals surface area contributed by atoms with Crippen molar-refractivity contribution in [3.63, 3.8) is 0 Å². The molecule has 2 rings (SSSR count). The third-order valence-electron chi connectivity index (χ3n) is 2.39. The van der Waals surface area contributed by atoms with Crippen molar-refractivity contribution in [1.82, 2.24) is 14.9 Å². The summed E-state index contributed by atoms with van der Waals surface area (Å²) in [6.07, 6.45) is 1.35. The number of hydrogen-bond donors (Lipinski definition) is 1. The van der Waals surface area contributed by atoms with E-state index in [9.17, 15) is 9.59 Å². The van der Waals surface area contributed by atoms with Gasteiger partial charge in [-0.05, 0) is 12.1 Å². The summed E-state index contributed by atoms with van der Waals surface area (Å²) in [5.74, 6) is -1.53. The van der Waals surface area contributed by atoms with E-state index in [0.29, 0.717) is 11.0 Å². The number of carbonyl (C=O) groups is 2. The van der Waals surface area contributed by atoms with E-state index in [0.717, 1.165) is 4.90 Å². The molecule has 0 spiro atoms. The Morgan fingerprint density at radius 2 is 1.94 bits per heavy atom. The highest BCUT2D eigenvalue weighted by Gasteiger charge is 2.16. The van der Waals surface area contributed by atoms with Crippen molar-refractivity contribution in [3.8, 4) is 0 Å². The lowest BCUT2D eigenvalue weighted by Crippen LogP contribution is -2.32. The Kier molecular flexibility index (Phi) is 3.18. The van der Waals surface area contributed by atoms with Gasteiger partial charge in [-0.3, -0.25) is 14.6 Å². The Labute approximate surface area is 103 Å². The van der Waals surface area contributed by atoms with E-state index in [1.807, 2.05) is 6.07 Å². The van der Waals surface area contributed by atoms with Crippen molar-refractivity contribution >= 4 is 22.9 Å². The van der Waals surface area contributed by atoms with Crippen molar-refractivity contribution in [3.05, 3.63) is 36.2 Å². The number of aliphatic carboxylic acids is 1. The van der Waals surface area contributed by atoms with Gasteiger partial charge in [0.25, 0.3) is 5.91 Å². The highest BCUT2D eigenvalue weighted by molar-refractivity contribution is 5.95. The Morgan fingerprint density at radius 1 is 1.28 bits per heavy atom. The van der Waals surface area contributed by atoms with E-state index in [-0.39, 0.29) is 12.2 Å². The molecule has 0 atom stereocenters. The molecule has 1 heterocycles. The second kappa shape index (κ2) is 4.79. The molecule has 0 radical (unpaired) electrons. The monoisotopic (exact) mass is 245 g/mol. The third kappa shape index (κ3) is 2.42. The predicted octanol–water partition coefficient (Wildman–Crippen LogP) is 0.786. The predicted molar refractivity (Wildman–Crippen MR) is 64.1 cm³/mol. The maximum atomic E-state index is 11.9. The zero-order valence-electron chi connectivity index (χ0n) is 9.70. The summed E-state index contributed by atoms with van der Waals surface area (Å²) >= 11 is 0. The van der Waals surface area contributed by atoms with E-state index in [1.54, 1.807) is 18.2 Å². The SMILES string of the molecule is CN(CC(=O)O)C(=O)c1cnc2ccccc2n1. The molecule has 1 aromatic heterocycles. The van der Waals surface area contributed by atoms with Gasteiger partial charge < -0.3 is 10.0 Å². The van der Waals surface area contributed by atoms with E-state index in [2.05, 4.69) is 9.97 Å². The molecule has 1 N–H and O–H groups in total. The molecule has 18 heavy (non-hydrogen) atoms. The second-order valence-corrected chi connectivity index (χ2v) is 3.80. The summed E-state index contributed by atoms with van der Waals surface area (Å²) in [6, 6.07) is 7.16. The van der Waals surface area contributed by atoms with Crippen molar-refractivity contribution in [2.45, 2.75) is 0 Å². The van der Waals surface area contributed by atoms with Crippen LogP contribution in [-0.2, 0) is 4.79 Å². The fraction of sp³-hybridized carbons (Fsp3) is 0.167. The van der Waals surface area contributed by atoms with E-state index >= 15 is 0 Å². The minimum absolute atomic E-state index is 0.137. The van der Waals surface area contributed by atoms with Gasteiger partial charge in [-0.15, -0.1) is 0 Å². The van der Waals surface area contributed by atoms with Gasteiger partial charge in [0.15, 0.2) is 0 Å². The highest BCUT2D eigenvalue weighted by atomic mass is 16.4. The maximum absolute atomic E-state index is 11.9. The van der Waals surface area contributed by atoms with Crippen molar-refractivity contribution in [2.75, 3.05) is 13.6 Å². The number of hydrogen-bond acceptors (Lipinski definition) is 4. The minimum atomic E-state index is -1.07. The number of likely N-dealkylation sites (N-methyl/N-ethyl adjacent to an activating group) is 1. The largest absolute Gasteiger partial charge is 0.480 e. The number of carboxylic acids is 1. The van der Waals surface area contributed by atoms with Gasteiger partial charge in [0.05, 0.1) is 17.2 Å². The summed E-state index contributed by atoms with van der Waals surface area (Å²) in [5, 5.41) is 8.62. The fourth-order valence-corrected chi connectivity index (χ4v) is 1.53. The van der Waals surface area contributed by atoms with Crippen LogP contribution in [0.15, 0.2) is 30.5 Å². The van der Waals surface area contributed by atoms with Crippen LogP contribution in [0.1, 0.15) is 10.5 Å². The van der Waals surface area contributed by atoms with Crippen LogP contribution >= 0.6 is 0 Å². The van der Waals surface area contributed by atoms with Gasteiger partial charge >= 0.3 is 5.97 Å². The molecule has 0 fully saturated rings. The Balaban J connectivity index is 2.30. The van der Waals surface area contributed by atoms with Crippen LogP contribution < -0.4 is 0 Å². The lowest BCUT2D eigenvalue weighted by Gasteiger charge is -2.13. The molecular weight excluding hydrogens is 234 g/mol. The molecule has 92 valence electrons. The molecular formula is C12H11N3O3. The first-order valence-electron chi connectivity index (χ1n) is 5.27. The summed E-state index contributed by atoms with van der Waals surface area (Å²) < 4.78 is 0. The maximum Gasteiger partial charge on any atom is 0.323 e. The second-order valence-electron chi connectivity index (χ2n) is 3.80. The molecule has 0 aliphatic rings. The minimum Gasteiger partial charge on any atom is -0.480 e. The number of benzene rings is 1. The van der Waals surface area contributed by atoms with Gasteiger partial charge in [0.1, 0.15) is 12.2 Å². The van der Waals surface area contributed by atoms with Crippen LogP contribution in [0.5, 0.6) is 0 Å². The molecule has 0 aliphatic heterocycles. The Hall–Kier alpha value is -2.50. The molecule has 0 saturated carbocycles. The first kappa shape index (κ1) is 12.0. The van der Waals surface area contributed by atoms with Gasteiger partial charge in [-0.25, -0.2) is 4.98 Å². The molecule has 6 heteroatoms. The number of para-hydroxylation sites is 2. The van der Waals surface area contributed by atoms with Crippen molar-refractivity contribution in [1.29, 1.82) is 0 Å². The summed E-state index contributed by atoms with van der Waals surface area (Å²) in [4.78, 5) is 31.8. The van der Waals surface area contributed by atoms with Gasteiger partial charge in [-0.2, -0.15) is 0 Å².